The molecule has 0 fully saturated rings. The number of nitrogens with zero attached hydrogens (tertiary/aromatic N) is 1. The fourth-order valence-electron chi connectivity index (χ4n) is 2.38. The number of hydrogen-bond acceptors (Lipinski definition) is 3. The van der Waals surface area contributed by atoms with Gasteiger partial charge in [0.05, 0.1) is 11.5 Å². The first-order valence-corrected chi connectivity index (χ1v) is 10.0. The maximum absolute atomic E-state index is 10.9. The molecular weight excluding hydrogens is 346 g/mol. The van der Waals surface area contributed by atoms with E-state index in [-0.39, 0.29) is 13.1 Å². The summed E-state index contributed by atoms with van der Waals surface area (Å²) in [6, 6.07) is 9.82. The van der Waals surface area contributed by atoms with Crippen molar-refractivity contribution >= 4 is 12.0 Å². The predicted octanol–water partition coefficient (Wildman–Crippen LogP) is 7.62. The van der Waals surface area contributed by atoms with Crippen LogP contribution in [0.5, 0.6) is 0 Å². The number of ketones is 1. The third kappa shape index (κ3) is 12.1. The fourth-order valence-corrected chi connectivity index (χ4v) is 2.38. The Hall–Kier alpha value is -2.42. The largest absolute Gasteiger partial charge is 0.467 e. The standard InChI is InChI=1S/C15H25NO.C10H12O.H2/c1-6-15(7-2)17-14(5)11-9-10-13(4)12-16-8-3;1-8(9(2)11)10-6-4-3-5-7-10;/h6,8,12H,5,7,9-11H2,1-4H3;3-8H,1-2H3;1H/b13-12+,15-6-,16-8?;;. The lowest BCUT2D eigenvalue weighted by Gasteiger charge is -2.10. The second-order valence-corrected chi connectivity index (χ2v) is 6.73. The van der Waals surface area contributed by atoms with Crippen LogP contribution in [0.3, 0.4) is 0 Å². The molecule has 1 aromatic rings. The highest BCUT2D eigenvalue weighted by molar-refractivity contribution is 5.82. The van der Waals surface area contributed by atoms with Crippen molar-refractivity contribution < 1.29 is 11.0 Å². The van der Waals surface area contributed by atoms with E-state index in [0.29, 0.717) is 0 Å². The monoisotopic (exact) mass is 385 g/mol. The van der Waals surface area contributed by atoms with Crippen molar-refractivity contribution in [3.8, 4) is 0 Å². The maximum Gasteiger partial charge on any atom is 0.136 e. The number of hydrogen-bond donors (Lipinski definition) is 0. The van der Waals surface area contributed by atoms with Crippen molar-refractivity contribution in [1.82, 2.24) is 0 Å². The van der Waals surface area contributed by atoms with Crippen LogP contribution >= 0.6 is 0 Å². The normalized spacial score (nSPS) is 12.9. The molecule has 0 spiro atoms. The minimum absolute atomic E-state index is 0. The summed E-state index contributed by atoms with van der Waals surface area (Å²) >= 11 is 0. The molecule has 3 nitrogen and oxygen atoms in total. The van der Waals surface area contributed by atoms with E-state index >= 15 is 0 Å². The number of benzene rings is 1. The fraction of sp³-hybridized carbons (Fsp3) is 0.440. The Balaban J connectivity index is 0. The molecular formula is C25H39NO2. The van der Waals surface area contributed by atoms with E-state index in [9.17, 15) is 4.79 Å². The number of allylic oxidation sites excluding steroid dienone is 4. The molecule has 0 aliphatic heterocycles. The highest BCUT2D eigenvalue weighted by atomic mass is 16.5. The zero-order valence-corrected chi connectivity index (χ0v) is 18.5. The molecule has 28 heavy (non-hydrogen) atoms. The molecule has 0 amide bonds. The van der Waals surface area contributed by atoms with Crippen molar-refractivity contribution in [1.29, 1.82) is 0 Å². The molecule has 0 aliphatic rings. The molecule has 0 aromatic heterocycles. The maximum atomic E-state index is 10.9. The van der Waals surface area contributed by atoms with Gasteiger partial charge in [0.1, 0.15) is 5.78 Å². The Morgan fingerprint density at radius 2 is 1.86 bits per heavy atom. The second-order valence-electron chi connectivity index (χ2n) is 6.73. The van der Waals surface area contributed by atoms with Gasteiger partial charge in [0.2, 0.25) is 0 Å². The molecule has 0 heterocycles. The molecule has 1 rings (SSSR count). The van der Waals surface area contributed by atoms with Gasteiger partial charge in [0.15, 0.2) is 0 Å². The first-order valence-electron chi connectivity index (χ1n) is 10.0. The van der Waals surface area contributed by atoms with Crippen LogP contribution in [0.25, 0.3) is 0 Å². The lowest BCUT2D eigenvalue weighted by atomic mass is 9.98. The number of ether oxygens (including phenoxy) is 1. The Labute approximate surface area is 173 Å². The number of carbonyl (C=O) groups is 1. The van der Waals surface area contributed by atoms with Crippen LogP contribution < -0.4 is 0 Å². The van der Waals surface area contributed by atoms with Crippen LogP contribution in [0.4, 0.5) is 0 Å². The average molecular weight is 386 g/mol. The molecule has 0 saturated carbocycles. The van der Waals surface area contributed by atoms with Crippen LogP contribution in [-0.4, -0.2) is 12.0 Å². The Morgan fingerprint density at radius 3 is 2.36 bits per heavy atom. The summed E-state index contributed by atoms with van der Waals surface area (Å²) in [5.74, 6) is 2.11. The number of carbonyl (C=O) groups excluding carboxylic acids is 1. The first-order chi connectivity index (χ1) is 13.3. The predicted molar refractivity (Wildman–Crippen MR) is 124 cm³/mol. The molecule has 1 atom stereocenters. The minimum Gasteiger partial charge on any atom is -0.467 e. The first kappa shape index (κ1) is 25.6. The van der Waals surface area contributed by atoms with Crippen molar-refractivity contribution in [2.75, 3.05) is 0 Å². The van der Waals surface area contributed by atoms with Crippen LogP contribution in [0.15, 0.2) is 71.3 Å². The summed E-state index contributed by atoms with van der Waals surface area (Å²) in [6.45, 7) is 15.6. The smallest absolute Gasteiger partial charge is 0.136 e. The van der Waals surface area contributed by atoms with E-state index < -0.39 is 0 Å². The molecule has 156 valence electrons. The summed E-state index contributed by atoms with van der Waals surface area (Å²) in [5, 5.41) is 0. The molecule has 1 unspecified atom stereocenters. The van der Waals surface area contributed by atoms with Gasteiger partial charge in [-0.15, -0.1) is 0 Å². The van der Waals surface area contributed by atoms with Gasteiger partial charge in [-0.3, -0.25) is 9.79 Å². The highest BCUT2D eigenvalue weighted by Gasteiger charge is 2.08. The number of Topliss-reactive ketones (excluding diaryl/α,β-unsaturated/α-hetero) is 1. The summed E-state index contributed by atoms with van der Waals surface area (Å²) in [6.07, 6.45) is 9.61. The van der Waals surface area contributed by atoms with Crippen molar-refractivity contribution in [2.45, 2.75) is 73.1 Å². The van der Waals surface area contributed by atoms with E-state index in [1.807, 2.05) is 63.4 Å². The van der Waals surface area contributed by atoms with Gasteiger partial charge in [-0.1, -0.05) is 56.3 Å². The summed E-state index contributed by atoms with van der Waals surface area (Å²) in [4.78, 5) is 15.0. The van der Waals surface area contributed by atoms with Crippen LogP contribution in [-0.2, 0) is 9.53 Å². The van der Waals surface area contributed by atoms with Gasteiger partial charge in [0, 0.05) is 32.6 Å². The molecule has 0 aliphatic carbocycles. The summed E-state index contributed by atoms with van der Waals surface area (Å²) in [7, 11) is 0. The number of aliphatic imine (C=N–C) groups is 1. The Bertz CT molecular complexity index is 675. The van der Waals surface area contributed by atoms with Gasteiger partial charge in [-0.2, -0.15) is 0 Å². The van der Waals surface area contributed by atoms with Gasteiger partial charge in [0.25, 0.3) is 0 Å². The third-order valence-electron chi connectivity index (χ3n) is 4.33. The Kier molecular flexibility index (Phi) is 14.3. The van der Waals surface area contributed by atoms with Crippen molar-refractivity contribution in [3.05, 3.63) is 71.8 Å². The third-order valence-corrected chi connectivity index (χ3v) is 4.33. The second kappa shape index (κ2) is 15.6. The summed E-state index contributed by atoms with van der Waals surface area (Å²) < 4.78 is 5.63. The highest BCUT2D eigenvalue weighted by Crippen LogP contribution is 2.16. The minimum atomic E-state index is 0. The van der Waals surface area contributed by atoms with Crippen molar-refractivity contribution in [3.63, 3.8) is 0 Å². The van der Waals surface area contributed by atoms with Gasteiger partial charge >= 0.3 is 0 Å². The quantitative estimate of drug-likeness (QED) is 0.307. The van der Waals surface area contributed by atoms with E-state index in [4.69, 9.17) is 4.74 Å². The van der Waals surface area contributed by atoms with E-state index in [1.54, 1.807) is 13.1 Å². The lowest BCUT2D eigenvalue weighted by Crippen LogP contribution is -2.03. The Morgan fingerprint density at radius 1 is 1.21 bits per heavy atom. The van der Waals surface area contributed by atoms with E-state index in [0.717, 1.165) is 42.8 Å². The van der Waals surface area contributed by atoms with Gasteiger partial charge < -0.3 is 4.74 Å². The van der Waals surface area contributed by atoms with Gasteiger partial charge in [-0.25, -0.2) is 0 Å². The lowest BCUT2D eigenvalue weighted by molar-refractivity contribution is -0.118. The zero-order valence-electron chi connectivity index (χ0n) is 18.5. The topological polar surface area (TPSA) is 38.7 Å². The number of rotatable bonds is 10. The van der Waals surface area contributed by atoms with Crippen LogP contribution in [0.2, 0.25) is 0 Å². The zero-order chi connectivity index (χ0) is 21.4. The molecule has 0 N–H and O–H groups in total. The molecule has 0 radical (unpaired) electrons. The SMILES string of the molecule is C=C(CCC/C(C)=C/N=CC)O/C(=C\C)CC.CC(=O)C(C)c1ccccc1.[HH]. The van der Waals surface area contributed by atoms with Crippen molar-refractivity contribution in [2.24, 2.45) is 4.99 Å². The average Bonchev–Trinajstić information content (AvgIpc) is 2.70. The van der Waals surface area contributed by atoms with Gasteiger partial charge in [-0.05, 0) is 52.2 Å². The van der Waals surface area contributed by atoms with E-state index in [2.05, 4.69) is 25.4 Å². The molecule has 0 saturated heterocycles. The van der Waals surface area contributed by atoms with E-state index in [1.165, 1.54) is 5.57 Å². The van der Waals surface area contributed by atoms with Crippen LogP contribution in [0, 0.1) is 0 Å². The molecule has 0 bridgehead atoms. The van der Waals surface area contributed by atoms with Crippen LogP contribution in [0.1, 0.15) is 80.1 Å². The molecule has 3 heteroatoms. The molecule has 1 aromatic carbocycles. The summed E-state index contributed by atoms with van der Waals surface area (Å²) in [5.41, 5.74) is 2.39.